The lowest BCUT2D eigenvalue weighted by Crippen LogP contribution is -2.43. The van der Waals surface area contributed by atoms with Crippen LogP contribution in [0.3, 0.4) is 0 Å². The highest BCUT2D eigenvalue weighted by molar-refractivity contribution is 7.89. The van der Waals surface area contributed by atoms with Gasteiger partial charge in [-0.2, -0.15) is 0 Å². The molecule has 0 spiro atoms. The van der Waals surface area contributed by atoms with Gasteiger partial charge in [-0.25, -0.2) is 13.1 Å². The molecule has 0 amide bonds. The first-order chi connectivity index (χ1) is 9.96. The van der Waals surface area contributed by atoms with Crippen LogP contribution >= 0.6 is 0 Å². The predicted molar refractivity (Wildman–Crippen MR) is 84.6 cm³/mol. The Balaban J connectivity index is 2.13. The minimum absolute atomic E-state index is 0.108. The quantitative estimate of drug-likeness (QED) is 0.772. The molecular formula is C15H27N3O2S. The zero-order chi connectivity index (χ0) is 15.5. The lowest BCUT2D eigenvalue weighted by molar-refractivity contribution is 0.270. The monoisotopic (exact) mass is 313 g/mol. The standard InChI is InChI=1S/C15H27N3O2S/c1-4-6-18-11-15(9-14(18)10-16-5-2)21(19,20)17-13-7-12(3)8-13/h9,11-13,16-17H,4-8,10H2,1-3H3. The third-order valence-electron chi connectivity index (χ3n) is 3.99. The molecule has 120 valence electrons. The van der Waals surface area contributed by atoms with Crippen LogP contribution in [0.25, 0.3) is 0 Å². The minimum atomic E-state index is -3.39. The van der Waals surface area contributed by atoms with E-state index in [1.807, 2.05) is 11.5 Å². The first kappa shape index (κ1) is 16.5. The molecule has 0 bridgehead atoms. The van der Waals surface area contributed by atoms with E-state index >= 15 is 0 Å². The van der Waals surface area contributed by atoms with E-state index in [-0.39, 0.29) is 6.04 Å². The third-order valence-corrected chi connectivity index (χ3v) is 5.47. The number of rotatable bonds is 8. The highest BCUT2D eigenvalue weighted by atomic mass is 32.2. The first-order valence-electron chi connectivity index (χ1n) is 7.88. The summed E-state index contributed by atoms with van der Waals surface area (Å²) < 4.78 is 29.7. The van der Waals surface area contributed by atoms with E-state index in [4.69, 9.17) is 0 Å². The van der Waals surface area contributed by atoms with Gasteiger partial charge in [0.05, 0.1) is 4.90 Å². The number of aromatic nitrogens is 1. The SMILES string of the molecule is CCCn1cc(S(=O)(=O)NC2CC(C)C2)cc1CNCC. The number of aryl methyl sites for hydroxylation is 1. The predicted octanol–water partition coefficient (Wildman–Crippen LogP) is 2.08. The van der Waals surface area contributed by atoms with Gasteiger partial charge >= 0.3 is 0 Å². The summed E-state index contributed by atoms with van der Waals surface area (Å²) in [6.45, 7) is 8.71. The van der Waals surface area contributed by atoms with Crippen LogP contribution in [0.15, 0.2) is 17.2 Å². The number of hydrogen-bond acceptors (Lipinski definition) is 3. The maximum Gasteiger partial charge on any atom is 0.242 e. The van der Waals surface area contributed by atoms with Crippen molar-refractivity contribution in [3.05, 3.63) is 18.0 Å². The van der Waals surface area contributed by atoms with Crippen molar-refractivity contribution in [1.82, 2.24) is 14.6 Å². The van der Waals surface area contributed by atoms with E-state index in [1.165, 1.54) is 0 Å². The number of nitrogens with zero attached hydrogens (tertiary/aromatic N) is 1. The van der Waals surface area contributed by atoms with Crippen molar-refractivity contribution in [2.45, 2.75) is 64.1 Å². The van der Waals surface area contributed by atoms with Crippen molar-refractivity contribution >= 4 is 10.0 Å². The Labute approximate surface area is 128 Å². The second-order valence-corrected chi connectivity index (χ2v) is 7.75. The van der Waals surface area contributed by atoms with E-state index < -0.39 is 10.0 Å². The van der Waals surface area contributed by atoms with Crippen molar-refractivity contribution in [2.24, 2.45) is 5.92 Å². The van der Waals surface area contributed by atoms with Gasteiger partial charge in [-0.05, 0) is 37.8 Å². The molecule has 2 rings (SSSR count). The molecule has 0 atom stereocenters. The summed E-state index contributed by atoms with van der Waals surface area (Å²) in [6, 6.07) is 1.90. The van der Waals surface area contributed by atoms with Crippen molar-refractivity contribution in [2.75, 3.05) is 6.54 Å². The number of sulfonamides is 1. The van der Waals surface area contributed by atoms with E-state index in [0.29, 0.717) is 17.4 Å². The Morgan fingerprint density at radius 2 is 2.05 bits per heavy atom. The topological polar surface area (TPSA) is 63.1 Å². The summed E-state index contributed by atoms with van der Waals surface area (Å²) in [5.41, 5.74) is 1.03. The van der Waals surface area contributed by atoms with Gasteiger partial charge in [0.2, 0.25) is 10.0 Å². The molecule has 6 heteroatoms. The van der Waals surface area contributed by atoms with Crippen LogP contribution in [0.4, 0.5) is 0 Å². The van der Waals surface area contributed by atoms with Crippen molar-refractivity contribution in [3.63, 3.8) is 0 Å². The van der Waals surface area contributed by atoms with Crippen LogP contribution in [0.2, 0.25) is 0 Å². The molecule has 1 saturated carbocycles. The van der Waals surface area contributed by atoms with Crippen molar-refractivity contribution in [1.29, 1.82) is 0 Å². The Hall–Kier alpha value is -0.850. The van der Waals surface area contributed by atoms with E-state index in [2.05, 4.69) is 23.9 Å². The van der Waals surface area contributed by atoms with Crippen LogP contribution in [0, 0.1) is 5.92 Å². The maximum atomic E-state index is 12.4. The Morgan fingerprint density at radius 1 is 1.33 bits per heavy atom. The van der Waals surface area contributed by atoms with Crippen molar-refractivity contribution < 1.29 is 8.42 Å². The Bertz CT molecular complexity index is 559. The van der Waals surface area contributed by atoms with Crippen molar-refractivity contribution in [3.8, 4) is 0 Å². The van der Waals surface area contributed by atoms with Gasteiger partial charge in [0, 0.05) is 31.0 Å². The van der Waals surface area contributed by atoms with Gasteiger partial charge < -0.3 is 9.88 Å². The van der Waals surface area contributed by atoms with Gasteiger partial charge in [0.15, 0.2) is 0 Å². The molecule has 0 saturated heterocycles. The van der Waals surface area contributed by atoms with Crippen LogP contribution in [-0.4, -0.2) is 25.6 Å². The molecule has 0 aliphatic heterocycles. The van der Waals surface area contributed by atoms with Gasteiger partial charge in [-0.3, -0.25) is 0 Å². The summed E-state index contributed by atoms with van der Waals surface area (Å²) in [5, 5.41) is 3.26. The lowest BCUT2D eigenvalue weighted by Gasteiger charge is -2.32. The highest BCUT2D eigenvalue weighted by Crippen LogP contribution is 2.28. The summed E-state index contributed by atoms with van der Waals surface area (Å²) in [6.07, 6.45) is 4.64. The molecule has 1 aliphatic carbocycles. The van der Waals surface area contributed by atoms with Crippen LogP contribution in [0.5, 0.6) is 0 Å². The zero-order valence-corrected chi connectivity index (χ0v) is 14.0. The molecule has 1 aromatic rings. The fraction of sp³-hybridized carbons (Fsp3) is 0.733. The van der Waals surface area contributed by atoms with Gasteiger partial charge in [0.1, 0.15) is 0 Å². The van der Waals surface area contributed by atoms with E-state index in [9.17, 15) is 8.42 Å². The molecule has 1 aromatic heterocycles. The summed E-state index contributed by atoms with van der Waals surface area (Å²) in [4.78, 5) is 0.392. The molecule has 0 aromatic carbocycles. The molecule has 0 unspecified atom stereocenters. The molecule has 0 radical (unpaired) electrons. The van der Waals surface area contributed by atoms with Crippen LogP contribution in [-0.2, 0) is 23.1 Å². The van der Waals surface area contributed by atoms with Gasteiger partial charge in [-0.15, -0.1) is 0 Å². The van der Waals surface area contributed by atoms with Crippen LogP contribution in [0.1, 0.15) is 45.7 Å². The van der Waals surface area contributed by atoms with E-state index in [0.717, 1.165) is 38.0 Å². The zero-order valence-electron chi connectivity index (χ0n) is 13.2. The smallest absolute Gasteiger partial charge is 0.242 e. The summed E-state index contributed by atoms with van der Waals surface area (Å²) in [5.74, 6) is 0.631. The molecule has 21 heavy (non-hydrogen) atoms. The average Bonchev–Trinajstić information content (AvgIpc) is 2.79. The average molecular weight is 313 g/mol. The van der Waals surface area contributed by atoms with E-state index in [1.54, 1.807) is 12.3 Å². The first-order valence-corrected chi connectivity index (χ1v) is 9.36. The molecule has 2 N–H and O–H groups in total. The molecule has 1 fully saturated rings. The molecule has 1 aliphatic rings. The Kier molecular flexibility index (Phi) is 5.46. The number of nitrogens with one attached hydrogen (secondary N) is 2. The van der Waals surface area contributed by atoms with Gasteiger partial charge in [-0.1, -0.05) is 20.8 Å². The summed E-state index contributed by atoms with van der Waals surface area (Å²) >= 11 is 0. The minimum Gasteiger partial charge on any atom is -0.349 e. The maximum absolute atomic E-state index is 12.4. The molecule has 1 heterocycles. The molecule has 5 nitrogen and oxygen atoms in total. The molecular weight excluding hydrogens is 286 g/mol. The largest absolute Gasteiger partial charge is 0.349 e. The van der Waals surface area contributed by atoms with Gasteiger partial charge in [0.25, 0.3) is 0 Å². The second kappa shape index (κ2) is 6.94. The fourth-order valence-corrected chi connectivity index (χ4v) is 4.13. The highest BCUT2D eigenvalue weighted by Gasteiger charge is 2.30. The lowest BCUT2D eigenvalue weighted by atomic mass is 9.83. The normalized spacial score (nSPS) is 22.2. The Morgan fingerprint density at radius 3 is 2.62 bits per heavy atom. The number of hydrogen-bond donors (Lipinski definition) is 2. The fourth-order valence-electron chi connectivity index (χ4n) is 2.81. The summed E-state index contributed by atoms with van der Waals surface area (Å²) in [7, 11) is -3.39. The second-order valence-electron chi connectivity index (χ2n) is 6.04. The third kappa shape index (κ3) is 4.08. The van der Waals surface area contributed by atoms with Crippen LogP contribution < -0.4 is 10.0 Å².